The lowest BCUT2D eigenvalue weighted by atomic mass is 10.1. The van der Waals surface area contributed by atoms with E-state index in [4.69, 9.17) is 0 Å². The summed E-state index contributed by atoms with van der Waals surface area (Å²) in [6.07, 6.45) is 5.08. The zero-order valence-corrected chi connectivity index (χ0v) is 14.3. The van der Waals surface area contributed by atoms with E-state index in [1.165, 1.54) is 25.7 Å². The Labute approximate surface area is 139 Å². The molecule has 0 spiro atoms. The van der Waals surface area contributed by atoms with Crippen LogP contribution in [0.4, 0.5) is 5.69 Å². The first-order valence-corrected chi connectivity index (χ1v) is 9.84. The molecule has 0 radical (unpaired) electrons. The van der Waals surface area contributed by atoms with Crippen molar-refractivity contribution in [2.24, 2.45) is 0 Å². The Morgan fingerprint density at radius 1 is 1.27 bits per heavy atom. The molecule has 1 aliphatic rings. The fourth-order valence-corrected chi connectivity index (χ4v) is 5.28. The molecule has 22 heavy (non-hydrogen) atoms. The number of hydrogen-bond acceptors (Lipinski definition) is 5. The Hall–Kier alpha value is -1.14. The van der Waals surface area contributed by atoms with Crippen molar-refractivity contribution in [3.05, 3.63) is 29.8 Å². The van der Waals surface area contributed by atoms with E-state index in [1.807, 2.05) is 21.6 Å². The van der Waals surface area contributed by atoms with Crippen LogP contribution in [0.1, 0.15) is 42.5 Å². The van der Waals surface area contributed by atoms with Crippen LogP contribution in [0, 0.1) is 0 Å². The summed E-state index contributed by atoms with van der Waals surface area (Å²) in [4.78, 5) is 23.2. The standard InChI is InChI=1S/C16H21NO3S2/c1-20-16(19)12-6-8-13(9-7-12)17-15(18)5-3-2-4-14-10-11-21-22-14/h6-9,14H,2-5,10-11H2,1H3,(H,17,18)/t14-/m0/s1. The van der Waals surface area contributed by atoms with Crippen LogP contribution in [0.2, 0.25) is 0 Å². The number of carbonyl (C=O) groups excluding carboxylic acids is 2. The molecule has 1 N–H and O–H groups in total. The van der Waals surface area contributed by atoms with Crippen molar-refractivity contribution < 1.29 is 14.3 Å². The quantitative estimate of drug-likeness (QED) is 0.460. The molecular weight excluding hydrogens is 318 g/mol. The van der Waals surface area contributed by atoms with Crippen LogP contribution < -0.4 is 5.32 Å². The second kappa shape index (κ2) is 9.10. The van der Waals surface area contributed by atoms with Crippen LogP contribution in [0.15, 0.2) is 24.3 Å². The van der Waals surface area contributed by atoms with Crippen LogP contribution in [0.3, 0.4) is 0 Å². The summed E-state index contributed by atoms with van der Waals surface area (Å²) in [6.45, 7) is 0. The van der Waals surface area contributed by atoms with E-state index >= 15 is 0 Å². The largest absolute Gasteiger partial charge is 0.465 e. The van der Waals surface area contributed by atoms with E-state index in [1.54, 1.807) is 24.3 Å². The fourth-order valence-electron chi connectivity index (χ4n) is 2.25. The molecule has 1 heterocycles. The van der Waals surface area contributed by atoms with Crippen molar-refractivity contribution in [3.63, 3.8) is 0 Å². The summed E-state index contributed by atoms with van der Waals surface area (Å²) in [5.41, 5.74) is 1.19. The number of hydrogen-bond donors (Lipinski definition) is 1. The smallest absolute Gasteiger partial charge is 0.337 e. The van der Waals surface area contributed by atoms with Gasteiger partial charge in [0.2, 0.25) is 5.91 Å². The third kappa shape index (κ3) is 5.57. The number of carbonyl (C=O) groups is 2. The van der Waals surface area contributed by atoms with E-state index in [0.29, 0.717) is 17.7 Å². The van der Waals surface area contributed by atoms with Gasteiger partial charge in [0.05, 0.1) is 12.7 Å². The van der Waals surface area contributed by atoms with E-state index in [-0.39, 0.29) is 11.9 Å². The highest BCUT2D eigenvalue weighted by Crippen LogP contribution is 2.39. The molecule has 1 aliphatic heterocycles. The number of nitrogens with one attached hydrogen (secondary N) is 1. The van der Waals surface area contributed by atoms with Crippen molar-refractivity contribution in [3.8, 4) is 0 Å². The van der Waals surface area contributed by atoms with Crippen molar-refractivity contribution in [2.45, 2.75) is 37.4 Å². The first-order valence-electron chi connectivity index (χ1n) is 7.45. The van der Waals surface area contributed by atoms with Gasteiger partial charge < -0.3 is 10.1 Å². The molecule has 1 aromatic rings. The molecule has 0 bridgehead atoms. The van der Waals surface area contributed by atoms with E-state index in [2.05, 4.69) is 10.1 Å². The van der Waals surface area contributed by atoms with E-state index in [9.17, 15) is 9.59 Å². The third-order valence-corrected chi connectivity index (χ3v) is 6.50. The Morgan fingerprint density at radius 3 is 2.68 bits per heavy atom. The lowest BCUT2D eigenvalue weighted by molar-refractivity contribution is -0.116. The summed E-state index contributed by atoms with van der Waals surface area (Å²) in [6, 6.07) is 6.74. The van der Waals surface area contributed by atoms with E-state index in [0.717, 1.165) is 18.1 Å². The Morgan fingerprint density at radius 2 is 2.05 bits per heavy atom. The molecule has 0 aromatic heterocycles. The molecule has 0 saturated carbocycles. The highest BCUT2D eigenvalue weighted by Gasteiger charge is 2.15. The number of amides is 1. The van der Waals surface area contributed by atoms with Gasteiger partial charge in [-0.25, -0.2) is 4.79 Å². The molecule has 4 nitrogen and oxygen atoms in total. The Balaban J connectivity index is 1.66. The molecule has 120 valence electrons. The Bertz CT molecular complexity index is 499. The number of rotatable bonds is 7. The number of esters is 1. The minimum atomic E-state index is -0.374. The maximum absolute atomic E-state index is 11.9. The van der Waals surface area contributed by atoms with Gasteiger partial charge in [-0.2, -0.15) is 0 Å². The number of ether oxygens (including phenoxy) is 1. The first kappa shape index (κ1) is 17.2. The van der Waals surface area contributed by atoms with Gasteiger partial charge in [-0.1, -0.05) is 28.0 Å². The van der Waals surface area contributed by atoms with E-state index < -0.39 is 0 Å². The van der Waals surface area contributed by atoms with Crippen molar-refractivity contribution >= 4 is 39.2 Å². The molecule has 1 saturated heterocycles. The normalized spacial score (nSPS) is 17.2. The summed E-state index contributed by atoms with van der Waals surface area (Å²) < 4.78 is 4.64. The number of benzene rings is 1. The average molecular weight is 339 g/mol. The van der Waals surface area contributed by atoms with Crippen molar-refractivity contribution in [1.82, 2.24) is 0 Å². The van der Waals surface area contributed by atoms with Crippen LogP contribution in [-0.4, -0.2) is 30.0 Å². The molecule has 1 fully saturated rings. The second-order valence-electron chi connectivity index (χ2n) is 5.19. The van der Waals surface area contributed by atoms with Crippen molar-refractivity contribution in [2.75, 3.05) is 18.2 Å². The van der Waals surface area contributed by atoms with Gasteiger partial charge in [0, 0.05) is 23.1 Å². The molecule has 1 aromatic carbocycles. The molecular formula is C16H21NO3S2. The van der Waals surface area contributed by atoms with Gasteiger partial charge in [-0.3, -0.25) is 4.79 Å². The van der Waals surface area contributed by atoms with Gasteiger partial charge in [-0.15, -0.1) is 0 Å². The van der Waals surface area contributed by atoms with Gasteiger partial charge >= 0.3 is 5.97 Å². The number of anilines is 1. The Kier molecular flexibility index (Phi) is 7.12. The zero-order chi connectivity index (χ0) is 15.8. The molecule has 1 amide bonds. The van der Waals surface area contributed by atoms with Crippen LogP contribution in [-0.2, 0) is 9.53 Å². The summed E-state index contributed by atoms with van der Waals surface area (Å²) >= 11 is 0. The lowest BCUT2D eigenvalue weighted by Crippen LogP contribution is -2.11. The van der Waals surface area contributed by atoms with Gasteiger partial charge in [-0.05, 0) is 43.5 Å². The van der Waals surface area contributed by atoms with Gasteiger partial charge in [0.25, 0.3) is 0 Å². The third-order valence-electron chi connectivity index (χ3n) is 3.50. The molecule has 1 atom stereocenters. The molecule has 0 unspecified atom stereocenters. The summed E-state index contributed by atoms with van der Waals surface area (Å²) in [7, 11) is 5.29. The highest BCUT2D eigenvalue weighted by molar-refractivity contribution is 8.77. The predicted octanol–water partition coefficient (Wildman–Crippen LogP) is 4.13. The lowest BCUT2D eigenvalue weighted by Gasteiger charge is -2.08. The van der Waals surface area contributed by atoms with Crippen LogP contribution in [0.5, 0.6) is 0 Å². The fraction of sp³-hybridized carbons (Fsp3) is 0.500. The maximum atomic E-state index is 11.9. The molecule has 2 rings (SSSR count). The maximum Gasteiger partial charge on any atom is 0.337 e. The predicted molar refractivity (Wildman–Crippen MR) is 93.3 cm³/mol. The van der Waals surface area contributed by atoms with Crippen LogP contribution >= 0.6 is 21.6 Å². The zero-order valence-electron chi connectivity index (χ0n) is 12.7. The van der Waals surface area contributed by atoms with Gasteiger partial charge in [0.15, 0.2) is 0 Å². The highest BCUT2D eigenvalue weighted by atomic mass is 33.1. The average Bonchev–Trinajstić information content (AvgIpc) is 3.05. The topological polar surface area (TPSA) is 55.4 Å². The van der Waals surface area contributed by atoms with Gasteiger partial charge in [0.1, 0.15) is 0 Å². The number of methoxy groups -OCH3 is 1. The minimum Gasteiger partial charge on any atom is -0.465 e. The molecule has 0 aliphatic carbocycles. The second-order valence-corrected chi connectivity index (χ2v) is 7.98. The van der Waals surface area contributed by atoms with Crippen molar-refractivity contribution in [1.29, 1.82) is 0 Å². The monoisotopic (exact) mass is 339 g/mol. The minimum absolute atomic E-state index is 0.0271. The molecule has 6 heteroatoms. The van der Waals surface area contributed by atoms with Crippen LogP contribution in [0.25, 0.3) is 0 Å². The first-order chi connectivity index (χ1) is 10.7. The summed E-state index contributed by atoms with van der Waals surface area (Å²) in [5, 5.41) is 3.63. The SMILES string of the molecule is COC(=O)c1ccc(NC(=O)CCCC[C@H]2CCSS2)cc1. The summed E-state index contributed by atoms with van der Waals surface area (Å²) in [5.74, 6) is 0.914. The number of unbranched alkanes of at least 4 members (excludes halogenated alkanes) is 1.